The standard InChI is InChI=1S/C13H13N5S/c1-7-2-5-9(14)6-10(7)12-17-18-11(8-3-4-8)15-16-13(18)19-12/h2,5-6,8H,3-4,14H2,1H3. The van der Waals surface area contributed by atoms with E-state index in [9.17, 15) is 0 Å². The zero-order valence-corrected chi connectivity index (χ0v) is 11.3. The molecule has 2 N–H and O–H groups in total. The van der Waals surface area contributed by atoms with Gasteiger partial charge in [0.1, 0.15) is 5.01 Å². The van der Waals surface area contributed by atoms with E-state index in [1.54, 1.807) is 11.3 Å². The Morgan fingerprint density at radius 1 is 1.32 bits per heavy atom. The molecule has 0 amide bonds. The first-order valence-electron chi connectivity index (χ1n) is 6.31. The second kappa shape index (κ2) is 3.77. The molecule has 5 nitrogen and oxygen atoms in total. The first kappa shape index (κ1) is 10.9. The van der Waals surface area contributed by atoms with Crippen LogP contribution >= 0.6 is 11.3 Å². The zero-order valence-electron chi connectivity index (χ0n) is 10.5. The Morgan fingerprint density at radius 2 is 2.16 bits per heavy atom. The van der Waals surface area contributed by atoms with Gasteiger partial charge in [-0.2, -0.15) is 9.61 Å². The van der Waals surface area contributed by atoms with Gasteiger partial charge in [0, 0.05) is 17.2 Å². The summed E-state index contributed by atoms with van der Waals surface area (Å²) in [4.78, 5) is 0.860. The molecule has 1 aromatic carbocycles. The highest BCUT2D eigenvalue weighted by atomic mass is 32.1. The van der Waals surface area contributed by atoms with Gasteiger partial charge < -0.3 is 5.73 Å². The maximum Gasteiger partial charge on any atom is 0.234 e. The Labute approximate surface area is 114 Å². The molecular weight excluding hydrogens is 258 g/mol. The summed E-state index contributed by atoms with van der Waals surface area (Å²) in [5.74, 6) is 1.55. The van der Waals surface area contributed by atoms with Gasteiger partial charge in [-0.25, -0.2) is 0 Å². The predicted molar refractivity (Wildman–Crippen MR) is 75.2 cm³/mol. The summed E-state index contributed by atoms with van der Waals surface area (Å²) in [5, 5.41) is 14.1. The van der Waals surface area contributed by atoms with Gasteiger partial charge in [-0.1, -0.05) is 17.4 Å². The minimum atomic E-state index is 0.548. The number of nitrogens with zero attached hydrogens (tertiary/aromatic N) is 4. The fourth-order valence-corrected chi connectivity index (χ4v) is 3.13. The topological polar surface area (TPSA) is 69.1 Å². The Balaban J connectivity index is 1.88. The van der Waals surface area contributed by atoms with E-state index in [2.05, 4.69) is 22.2 Å². The summed E-state index contributed by atoms with van der Waals surface area (Å²) in [6, 6.07) is 5.90. The molecule has 1 fully saturated rings. The van der Waals surface area contributed by atoms with Crippen molar-refractivity contribution in [2.75, 3.05) is 5.73 Å². The first-order chi connectivity index (χ1) is 9.22. The van der Waals surface area contributed by atoms with Crippen LogP contribution in [0.1, 0.15) is 30.1 Å². The third-order valence-corrected chi connectivity index (χ3v) is 4.38. The highest BCUT2D eigenvalue weighted by Crippen LogP contribution is 2.40. The van der Waals surface area contributed by atoms with Crippen LogP contribution in [0.25, 0.3) is 15.5 Å². The van der Waals surface area contributed by atoms with Gasteiger partial charge in [-0.05, 0) is 37.5 Å². The van der Waals surface area contributed by atoms with Crippen LogP contribution in [0.15, 0.2) is 18.2 Å². The van der Waals surface area contributed by atoms with Crippen LogP contribution in [0, 0.1) is 6.92 Å². The van der Waals surface area contributed by atoms with E-state index in [0.717, 1.165) is 27.0 Å². The molecule has 0 saturated heterocycles. The molecular formula is C13H13N5S. The third-order valence-electron chi connectivity index (χ3n) is 3.45. The number of aromatic nitrogens is 4. The number of fused-ring (bicyclic) bond motifs is 1. The molecule has 0 unspecified atom stereocenters. The molecule has 6 heteroatoms. The fourth-order valence-electron chi connectivity index (χ4n) is 2.21. The normalized spacial score (nSPS) is 15.2. The van der Waals surface area contributed by atoms with E-state index >= 15 is 0 Å². The molecule has 0 spiro atoms. The molecule has 0 bridgehead atoms. The maximum atomic E-state index is 5.86. The summed E-state index contributed by atoms with van der Waals surface area (Å²) >= 11 is 1.56. The van der Waals surface area contributed by atoms with Gasteiger partial charge in [0.25, 0.3) is 0 Å². The van der Waals surface area contributed by atoms with Gasteiger partial charge in [0.2, 0.25) is 4.96 Å². The van der Waals surface area contributed by atoms with Crippen molar-refractivity contribution in [1.82, 2.24) is 19.8 Å². The number of hydrogen-bond acceptors (Lipinski definition) is 5. The number of nitrogen functional groups attached to an aromatic ring is 1. The lowest BCUT2D eigenvalue weighted by molar-refractivity contribution is 0.828. The summed E-state index contributed by atoms with van der Waals surface area (Å²) < 4.78 is 1.89. The number of hydrogen-bond donors (Lipinski definition) is 1. The highest BCUT2D eigenvalue weighted by Gasteiger charge is 2.30. The molecule has 19 heavy (non-hydrogen) atoms. The van der Waals surface area contributed by atoms with Gasteiger partial charge >= 0.3 is 0 Å². The Hall–Kier alpha value is -1.95. The monoisotopic (exact) mass is 271 g/mol. The first-order valence-corrected chi connectivity index (χ1v) is 7.12. The average molecular weight is 271 g/mol. The largest absolute Gasteiger partial charge is 0.399 e. The Kier molecular flexibility index (Phi) is 2.17. The van der Waals surface area contributed by atoms with Crippen LogP contribution in [0.2, 0.25) is 0 Å². The van der Waals surface area contributed by atoms with Crippen LogP contribution in [-0.4, -0.2) is 19.8 Å². The summed E-state index contributed by atoms with van der Waals surface area (Å²) in [6.45, 7) is 2.07. The van der Waals surface area contributed by atoms with Crippen LogP contribution in [0.4, 0.5) is 5.69 Å². The maximum absolute atomic E-state index is 5.86. The Bertz CT molecular complexity index is 769. The summed E-state index contributed by atoms with van der Waals surface area (Å²) in [7, 11) is 0. The van der Waals surface area contributed by atoms with Crippen LogP contribution < -0.4 is 5.73 Å². The van der Waals surface area contributed by atoms with Crippen molar-refractivity contribution < 1.29 is 0 Å². The second-order valence-corrected chi connectivity index (χ2v) is 5.96. The van der Waals surface area contributed by atoms with Crippen molar-refractivity contribution in [2.45, 2.75) is 25.7 Å². The van der Waals surface area contributed by atoms with E-state index in [1.807, 2.05) is 22.7 Å². The smallest absolute Gasteiger partial charge is 0.234 e. The highest BCUT2D eigenvalue weighted by molar-refractivity contribution is 7.19. The molecule has 1 saturated carbocycles. The zero-order chi connectivity index (χ0) is 13.0. The minimum Gasteiger partial charge on any atom is -0.399 e. The fraction of sp³-hybridized carbons (Fsp3) is 0.308. The average Bonchev–Trinajstić information content (AvgIpc) is 3.01. The molecule has 96 valence electrons. The molecule has 1 aliphatic carbocycles. The Morgan fingerprint density at radius 3 is 2.95 bits per heavy atom. The summed E-state index contributed by atoms with van der Waals surface area (Å²) in [5.41, 5.74) is 8.88. The SMILES string of the molecule is Cc1ccc(N)cc1-c1nn2c(C3CC3)nnc2s1. The van der Waals surface area contributed by atoms with Crippen LogP contribution in [-0.2, 0) is 0 Å². The van der Waals surface area contributed by atoms with Gasteiger partial charge in [0.15, 0.2) is 5.82 Å². The number of rotatable bonds is 2. The van der Waals surface area contributed by atoms with E-state index < -0.39 is 0 Å². The number of nitrogens with two attached hydrogens (primary N) is 1. The van der Waals surface area contributed by atoms with Crippen molar-refractivity contribution >= 4 is 22.0 Å². The molecule has 0 radical (unpaired) electrons. The van der Waals surface area contributed by atoms with Crippen LogP contribution in [0.3, 0.4) is 0 Å². The second-order valence-electron chi connectivity index (χ2n) is 5.01. The number of benzene rings is 1. The lowest BCUT2D eigenvalue weighted by Gasteiger charge is -2.02. The summed E-state index contributed by atoms with van der Waals surface area (Å²) in [6.07, 6.45) is 2.40. The molecule has 0 atom stereocenters. The molecule has 2 aromatic heterocycles. The number of aryl methyl sites for hydroxylation is 1. The van der Waals surface area contributed by atoms with Gasteiger partial charge in [-0.3, -0.25) is 0 Å². The molecule has 3 aromatic rings. The quantitative estimate of drug-likeness (QED) is 0.727. The van der Waals surface area contributed by atoms with Crippen molar-refractivity contribution in [3.63, 3.8) is 0 Å². The van der Waals surface area contributed by atoms with E-state index in [-0.39, 0.29) is 0 Å². The number of anilines is 1. The lowest BCUT2D eigenvalue weighted by atomic mass is 10.1. The van der Waals surface area contributed by atoms with E-state index in [1.165, 1.54) is 18.4 Å². The van der Waals surface area contributed by atoms with E-state index in [0.29, 0.717) is 5.92 Å². The van der Waals surface area contributed by atoms with Crippen LogP contribution in [0.5, 0.6) is 0 Å². The lowest BCUT2D eigenvalue weighted by Crippen LogP contribution is -1.94. The minimum absolute atomic E-state index is 0.548. The molecule has 2 heterocycles. The van der Waals surface area contributed by atoms with Gasteiger partial charge in [0.05, 0.1) is 0 Å². The van der Waals surface area contributed by atoms with E-state index in [4.69, 9.17) is 5.73 Å². The van der Waals surface area contributed by atoms with Crippen molar-refractivity contribution in [2.24, 2.45) is 0 Å². The molecule has 0 aliphatic heterocycles. The predicted octanol–water partition coefficient (Wildman–Crippen LogP) is 2.62. The van der Waals surface area contributed by atoms with Crippen molar-refractivity contribution in [3.8, 4) is 10.6 Å². The molecule has 1 aliphatic rings. The third kappa shape index (κ3) is 1.71. The van der Waals surface area contributed by atoms with Crippen molar-refractivity contribution in [1.29, 1.82) is 0 Å². The van der Waals surface area contributed by atoms with Crippen molar-refractivity contribution in [3.05, 3.63) is 29.6 Å². The molecule has 4 rings (SSSR count). The van der Waals surface area contributed by atoms with Gasteiger partial charge in [-0.15, -0.1) is 10.2 Å².